The molecule has 0 saturated heterocycles. The van der Waals surface area contributed by atoms with Gasteiger partial charge in [0.1, 0.15) is 6.54 Å². The van der Waals surface area contributed by atoms with Crippen molar-refractivity contribution in [3.63, 3.8) is 0 Å². The molecule has 3 aromatic rings. The first-order valence-corrected chi connectivity index (χ1v) is 8.66. The Morgan fingerprint density at radius 1 is 1.15 bits per heavy atom. The van der Waals surface area contributed by atoms with Gasteiger partial charge in [-0.3, -0.25) is 4.79 Å². The molecule has 8 heteroatoms. The molecule has 1 N–H and O–H groups in total. The highest BCUT2D eigenvalue weighted by Gasteiger charge is 2.15. The van der Waals surface area contributed by atoms with Gasteiger partial charge in [0.25, 0.3) is 0 Å². The van der Waals surface area contributed by atoms with Crippen LogP contribution in [0.5, 0.6) is 11.5 Å². The van der Waals surface area contributed by atoms with E-state index in [1.54, 1.807) is 18.2 Å². The number of aromatic nitrogens is 4. The highest BCUT2D eigenvalue weighted by molar-refractivity contribution is 5.90. The van der Waals surface area contributed by atoms with Crippen molar-refractivity contribution in [3.8, 4) is 22.9 Å². The molecular weight excluding hydrogens is 346 g/mol. The van der Waals surface area contributed by atoms with E-state index in [0.29, 0.717) is 28.9 Å². The molecule has 1 aliphatic rings. The van der Waals surface area contributed by atoms with E-state index in [1.165, 1.54) is 10.4 Å². The Kier molecular flexibility index (Phi) is 4.45. The van der Waals surface area contributed by atoms with Crippen molar-refractivity contribution in [2.24, 2.45) is 0 Å². The summed E-state index contributed by atoms with van der Waals surface area (Å²) in [4.78, 5) is 13.5. The number of carbonyl (C=O) groups excluding carboxylic acids is 1. The van der Waals surface area contributed by atoms with Gasteiger partial charge in [-0.2, -0.15) is 4.80 Å². The molecular formula is C19H19N5O3. The average Bonchev–Trinajstić information content (AvgIpc) is 3.30. The van der Waals surface area contributed by atoms with Crippen LogP contribution < -0.4 is 14.8 Å². The number of ether oxygens (including phenoxy) is 2. The van der Waals surface area contributed by atoms with Crippen LogP contribution in [0, 0.1) is 0 Å². The number of nitrogens with one attached hydrogen (secondary N) is 1. The predicted octanol–water partition coefficient (Wildman–Crippen LogP) is 2.83. The molecule has 1 aromatic heterocycles. The van der Waals surface area contributed by atoms with E-state index in [0.717, 1.165) is 5.56 Å². The standard InChI is InChI=1S/C19H19N5O3/c1-12(2)13-3-5-14(6-4-13)19-21-23-24(22-19)10-18(25)20-15-7-8-16-17(9-15)27-11-26-16/h3-9,12H,10-11H2,1-2H3,(H,20,25). The van der Waals surface area contributed by atoms with E-state index in [4.69, 9.17) is 9.47 Å². The Balaban J connectivity index is 1.40. The number of hydrogen-bond donors (Lipinski definition) is 1. The van der Waals surface area contributed by atoms with Gasteiger partial charge < -0.3 is 14.8 Å². The zero-order chi connectivity index (χ0) is 18.8. The quantitative estimate of drug-likeness (QED) is 0.748. The zero-order valence-corrected chi connectivity index (χ0v) is 15.0. The summed E-state index contributed by atoms with van der Waals surface area (Å²) in [5.41, 5.74) is 2.73. The number of fused-ring (bicyclic) bond motifs is 1. The molecule has 0 radical (unpaired) electrons. The molecule has 8 nitrogen and oxygen atoms in total. The Morgan fingerprint density at radius 2 is 1.93 bits per heavy atom. The van der Waals surface area contributed by atoms with Crippen molar-refractivity contribution < 1.29 is 14.3 Å². The zero-order valence-electron chi connectivity index (χ0n) is 15.0. The second-order valence-corrected chi connectivity index (χ2v) is 6.54. The smallest absolute Gasteiger partial charge is 0.248 e. The second-order valence-electron chi connectivity index (χ2n) is 6.54. The number of anilines is 1. The molecule has 0 aliphatic carbocycles. The van der Waals surface area contributed by atoms with E-state index in [9.17, 15) is 4.79 Å². The summed E-state index contributed by atoms with van der Waals surface area (Å²) in [6, 6.07) is 13.2. The Morgan fingerprint density at radius 3 is 2.70 bits per heavy atom. The van der Waals surface area contributed by atoms with Crippen molar-refractivity contribution in [2.75, 3.05) is 12.1 Å². The van der Waals surface area contributed by atoms with Crippen molar-refractivity contribution in [1.82, 2.24) is 20.2 Å². The maximum absolute atomic E-state index is 12.2. The molecule has 0 bridgehead atoms. The van der Waals surface area contributed by atoms with E-state index in [2.05, 4.69) is 34.6 Å². The van der Waals surface area contributed by atoms with Gasteiger partial charge in [0.05, 0.1) is 0 Å². The topological polar surface area (TPSA) is 91.2 Å². The molecule has 0 saturated carbocycles. The molecule has 2 heterocycles. The van der Waals surface area contributed by atoms with E-state index in [1.807, 2.05) is 24.3 Å². The normalized spacial score (nSPS) is 12.4. The van der Waals surface area contributed by atoms with Gasteiger partial charge in [-0.25, -0.2) is 0 Å². The van der Waals surface area contributed by atoms with Crippen LogP contribution in [0.2, 0.25) is 0 Å². The Labute approximate surface area is 156 Å². The van der Waals surface area contributed by atoms with Gasteiger partial charge >= 0.3 is 0 Å². The molecule has 1 aliphatic heterocycles. The lowest BCUT2D eigenvalue weighted by Gasteiger charge is -2.05. The number of carbonyl (C=O) groups is 1. The lowest BCUT2D eigenvalue weighted by atomic mass is 10.0. The predicted molar refractivity (Wildman–Crippen MR) is 98.5 cm³/mol. The lowest BCUT2D eigenvalue weighted by molar-refractivity contribution is -0.117. The molecule has 2 aromatic carbocycles. The minimum absolute atomic E-state index is 0.0362. The summed E-state index contributed by atoms with van der Waals surface area (Å²) in [6.45, 7) is 4.44. The monoisotopic (exact) mass is 365 g/mol. The number of rotatable bonds is 5. The second kappa shape index (κ2) is 7.06. The van der Waals surface area contributed by atoms with Crippen LogP contribution in [-0.2, 0) is 11.3 Å². The number of hydrogen-bond acceptors (Lipinski definition) is 6. The maximum Gasteiger partial charge on any atom is 0.248 e. The summed E-state index contributed by atoms with van der Waals surface area (Å²) < 4.78 is 10.6. The fourth-order valence-corrected chi connectivity index (χ4v) is 2.75. The average molecular weight is 365 g/mol. The van der Waals surface area contributed by atoms with Crippen LogP contribution in [0.15, 0.2) is 42.5 Å². The number of tetrazole rings is 1. The first kappa shape index (κ1) is 17.0. The maximum atomic E-state index is 12.2. The number of benzene rings is 2. The minimum atomic E-state index is -0.257. The first-order chi connectivity index (χ1) is 13.1. The summed E-state index contributed by atoms with van der Waals surface area (Å²) in [5.74, 6) is 1.97. The SMILES string of the molecule is CC(C)c1ccc(-c2nnn(CC(=O)Nc3ccc4c(c3)OCO4)n2)cc1. The minimum Gasteiger partial charge on any atom is -0.454 e. The largest absolute Gasteiger partial charge is 0.454 e. The van der Waals surface area contributed by atoms with E-state index in [-0.39, 0.29) is 19.2 Å². The lowest BCUT2D eigenvalue weighted by Crippen LogP contribution is -2.20. The van der Waals surface area contributed by atoms with Crippen LogP contribution >= 0.6 is 0 Å². The fourth-order valence-electron chi connectivity index (χ4n) is 2.75. The van der Waals surface area contributed by atoms with Gasteiger partial charge in [0.2, 0.25) is 18.5 Å². The van der Waals surface area contributed by atoms with E-state index >= 15 is 0 Å². The molecule has 27 heavy (non-hydrogen) atoms. The van der Waals surface area contributed by atoms with Crippen LogP contribution in [-0.4, -0.2) is 32.9 Å². The summed E-state index contributed by atoms with van der Waals surface area (Å²) >= 11 is 0. The highest BCUT2D eigenvalue weighted by atomic mass is 16.7. The van der Waals surface area contributed by atoms with Gasteiger partial charge in [-0.15, -0.1) is 10.2 Å². The molecule has 1 amide bonds. The van der Waals surface area contributed by atoms with Gasteiger partial charge in [0, 0.05) is 17.3 Å². The van der Waals surface area contributed by atoms with Gasteiger partial charge in [-0.1, -0.05) is 38.1 Å². The molecule has 138 valence electrons. The highest BCUT2D eigenvalue weighted by Crippen LogP contribution is 2.34. The van der Waals surface area contributed by atoms with E-state index < -0.39 is 0 Å². The number of nitrogens with zero attached hydrogens (tertiary/aromatic N) is 4. The summed E-state index contributed by atoms with van der Waals surface area (Å²) in [6.07, 6.45) is 0. The van der Waals surface area contributed by atoms with Gasteiger partial charge in [-0.05, 0) is 28.8 Å². The molecule has 0 atom stereocenters. The molecule has 0 fully saturated rings. The van der Waals surface area contributed by atoms with Gasteiger partial charge in [0.15, 0.2) is 11.5 Å². The van der Waals surface area contributed by atoms with Crippen molar-refractivity contribution in [2.45, 2.75) is 26.3 Å². The Hall–Kier alpha value is -3.42. The van der Waals surface area contributed by atoms with Crippen LogP contribution in [0.4, 0.5) is 5.69 Å². The van der Waals surface area contributed by atoms with Crippen molar-refractivity contribution >= 4 is 11.6 Å². The summed E-state index contributed by atoms with van der Waals surface area (Å²) in [5, 5.41) is 15.1. The molecule has 0 unspecified atom stereocenters. The summed E-state index contributed by atoms with van der Waals surface area (Å²) in [7, 11) is 0. The third kappa shape index (κ3) is 3.74. The van der Waals surface area contributed by atoms with Crippen molar-refractivity contribution in [3.05, 3.63) is 48.0 Å². The fraction of sp³-hybridized carbons (Fsp3) is 0.263. The first-order valence-electron chi connectivity index (χ1n) is 8.66. The third-order valence-electron chi connectivity index (χ3n) is 4.23. The molecule has 0 spiro atoms. The molecule has 4 rings (SSSR count). The third-order valence-corrected chi connectivity index (χ3v) is 4.23. The van der Waals surface area contributed by atoms with Crippen LogP contribution in [0.25, 0.3) is 11.4 Å². The Bertz CT molecular complexity index is 966. The number of amides is 1. The van der Waals surface area contributed by atoms with Crippen molar-refractivity contribution in [1.29, 1.82) is 0 Å². The van der Waals surface area contributed by atoms with Crippen LogP contribution in [0.1, 0.15) is 25.3 Å². The van der Waals surface area contributed by atoms with Crippen LogP contribution in [0.3, 0.4) is 0 Å².